The number of amides is 1. The van der Waals surface area contributed by atoms with Gasteiger partial charge in [0.05, 0.1) is 11.7 Å². The molecule has 3 rings (SSSR count). The average molecular weight is 420 g/mol. The molecule has 0 unspecified atom stereocenters. The average Bonchev–Trinajstić information content (AvgIpc) is 2.94. The van der Waals surface area contributed by atoms with Crippen LogP contribution in [-0.4, -0.2) is 26.6 Å². The Bertz CT molecular complexity index is 1070. The summed E-state index contributed by atoms with van der Waals surface area (Å²) in [4.78, 5) is 25.0. The highest BCUT2D eigenvalue weighted by Crippen LogP contribution is 2.24. The lowest BCUT2D eigenvalue weighted by Crippen LogP contribution is -2.34. The fraction of sp³-hybridized carbons (Fsp3) is 0.250. The molecule has 158 valence electrons. The molecule has 0 radical (unpaired) electrons. The maximum Gasteiger partial charge on any atom is 0.573 e. The van der Waals surface area contributed by atoms with Crippen LogP contribution in [0.5, 0.6) is 5.75 Å². The van der Waals surface area contributed by atoms with Crippen LogP contribution >= 0.6 is 0 Å². The minimum absolute atomic E-state index is 0.293. The van der Waals surface area contributed by atoms with Gasteiger partial charge in [0.15, 0.2) is 0 Å². The number of alkyl halides is 3. The van der Waals surface area contributed by atoms with Gasteiger partial charge in [-0.05, 0) is 43.7 Å². The van der Waals surface area contributed by atoms with Crippen molar-refractivity contribution in [2.24, 2.45) is 0 Å². The standard InChI is InChI=1S/C20H19F3N4O3/c1-13(15-8-10-17(11-9-15)30-20(21,22)23)24-18(28)12-26-19(29)27(14(2)25-26)16-6-4-3-5-7-16/h3-11,13H,12H2,1-2H3,(H,24,28)/t13-/m0/s1. The summed E-state index contributed by atoms with van der Waals surface area (Å²) >= 11 is 0. The van der Waals surface area contributed by atoms with Gasteiger partial charge in [-0.3, -0.25) is 4.79 Å². The van der Waals surface area contributed by atoms with Crippen molar-refractivity contribution in [1.82, 2.24) is 19.7 Å². The lowest BCUT2D eigenvalue weighted by Gasteiger charge is -2.15. The summed E-state index contributed by atoms with van der Waals surface area (Å²) in [7, 11) is 0. The number of rotatable bonds is 6. The summed E-state index contributed by atoms with van der Waals surface area (Å²) in [6.07, 6.45) is -4.77. The van der Waals surface area contributed by atoms with Gasteiger partial charge in [0.1, 0.15) is 18.1 Å². The number of carbonyl (C=O) groups excluding carboxylic acids is 1. The zero-order valence-electron chi connectivity index (χ0n) is 16.2. The van der Waals surface area contributed by atoms with E-state index in [0.29, 0.717) is 17.1 Å². The number of carbonyl (C=O) groups is 1. The molecule has 0 aliphatic heterocycles. The maximum atomic E-state index is 12.6. The first-order chi connectivity index (χ1) is 14.1. The van der Waals surface area contributed by atoms with E-state index in [-0.39, 0.29) is 12.3 Å². The Morgan fingerprint density at radius 3 is 2.37 bits per heavy atom. The van der Waals surface area contributed by atoms with Crippen LogP contribution in [0.15, 0.2) is 59.4 Å². The first kappa shape index (κ1) is 21.2. The topological polar surface area (TPSA) is 78.2 Å². The van der Waals surface area contributed by atoms with Gasteiger partial charge in [-0.25, -0.2) is 14.0 Å². The SMILES string of the molecule is Cc1nn(CC(=O)N[C@@H](C)c2ccc(OC(F)(F)F)cc2)c(=O)n1-c1ccccc1. The van der Waals surface area contributed by atoms with Crippen molar-refractivity contribution >= 4 is 5.91 Å². The monoisotopic (exact) mass is 420 g/mol. The fourth-order valence-electron chi connectivity index (χ4n) is 2.96. The summed E-state index contributed by atoms with van der Waals surface area (Å²) in [6.45, 7) is 3.04. The molecule has 1 heterocycles. The van der Waals surface area contributed by atoms with Crippen LogP contribution in [0.4, 0.5) is 13.2 Å². The van der Waals surface area contributed by atoms with Gasteiger partial charge < -0.3 is 10.1 Å². The van der Waals surface area contributed by atoms with Crippen molar-refractivity contribution in [3.05, 3.63) is 76.5 Å². The number of hydrogen-bond donors (Lipinski definition) is 1. The largest absolute Gasteiger partial charge is 0.573 e. The minimum Gasteiger partial charge on any atom is -0.406 e. The molecule has 2 aromatic carbocycles. The number of hydrogen-bond acceptors (Lipinski definition) is 4. The van der Waals surface area contributed by atoms with Crippen LogP contribution < -0.4 is 15.7 Å². The van der Waals surface area contributed by atoms with E-state index in [0.717, 1.165) is 4.68 Å². The number of para-hydroxylation sites is 1. The molecule has 0 spiro atoms. The number of halogens is 3. The van der Waals surface area contributed by atoms with E-state index in [1.807, 2.05) is 6.07 Å². The van der Waals surface area contributed by atoms with Gasteiger partial charge in [0, 0.05) is 0 Å². The lowest BCUT2D eigenvalue weighted by atomic mass is 10.1. The lowest BCUT2D eigenvalue weighted by molar-refractivity contribution is -0.274. The van der Waals surface area contributed by atoms with Crippen molar-refractivity contribution in [3.63, 3.8) is 0 Å². The highest BCUT2D eigenvalue weighted by Gasteiger charge is 2.31. The molecule has 0 aliphatic rings. The third-order valence-corrected chi connectivity index (χ3v) is 4.30. The molecule has 0 fully saturated rings. The van der Waals surface area contributed by atoms with E-state index >= 15 is 0 Å². The first-order valence-electron chi connectivity index (χ1n) is 9.01. The number of ether oxygens (including phenoxy) is 1. The molecule has 30 heavy (non-hydrogen) atoms. The van der Waals surface area contributed by atoms with Crippen LogP contribution in [-0.2, 0) is 11.3 Å². The second-order valence-electron chi connectivity index (χ2n) is 6.56. The second-order valence-corrected chi connectivity index (χ2v) is 6.56. The number of nitrogens with one attached hydrogen (secondary N) is 1. The Hall–Kier alpha value is -3.56. The summed E-state index contributed by atoms with van der Waals surface area (Å²) in [5.74, 6) is -0.372. The van der Waals surface area contributed by atoms with Crippen molar-refractivity contribution in [3.8, 4) is 11.4 Å². The van der Waals surface area contributed by atoms with E-state index in [4.69, 9.17) is 0 Å². The van der Waals surface area contributed by atoms with Gasteiger partial charge in [0.25, 0.3) is 0 Å². The third-order valence-electron chi connectivity index (χ3n) is 4.30. The van der Waals surface area contributed by atoms with Gasteiger partial charge >= 0.3 is 12.1 Å². The molecule has 0 saturated heterocycles. The number of nitrogens with zero attached hydrogens (tertiary/aromatic N) is 3. The van der Waals surface area contributed by atoms with Crippen molar-refractivity contribution in [1.29, 1.82) is 0 Å². The molecular formula is C20H19F3N4O3. The van der Waals surface area contributed by atoms with E-state index in [1.165, 1.54) is 28.8 Å². The molecule has 10 heteroatoms. The predicted molar refractivity (Wildman–Crippen MR) is 102 cm³/mol. The van der Waals surface area contributed by atoms with E-state index < -0.39 is 24.0 Å². The fourth-order valence-corrected chi connectivity index (χ4v) is 2.96. The molecule has 7 nitrogen and oxygen atoms in total. The van der Waals surface area contributed by atoms with E-state index in [9.17, 15) is 22.8 Å². The Labute approximate surface area is 169 Å². The molecule has 0 saturated carbocycles. The summed E-state index contributed by atoms with van der Waals surface area (Å²) in [5, 5.41) is 6.83. The van der Waals surface area contributed by atoms with Gasteiger partial charge in [0.2, 0.25) is 5.91 Å². The quantitative estimate of drug-likeness (QED) is 0.665. The number of aromatic nitrogens is 3. The Morgan fingerprint density at radius 2 is 1.77 bits per heavy atom. The molecule has 1 atom stereocenters. The van der Waals surface area contributed by atoms with Crippen LogP contribution in [0.3, 0.4) is 0 Å². The zero-order chi connectivity index (χ0) is 21.9. The van der Waals surface area contributed by atoms with Crippen LogP contribution in [0, 0.1) is 6.92 Å². The number of aryl methyl sites for hydroxylation is 1. The normalized spacial score (nSPS) is 12.4. The summed E-state index contributed by atoms with van der Waals surface area (Å²) in [6, 6.07) is 13.6. The Kier molecular flexibility index (Phi) is 5.95. The molecule has 1 amide bonds. The van der Waals surface area contributed by atoms with Gasteiger partial charge in [-0.2, -0.15) is 5.10 Å². The predicted octanol–water partition coefficient (Wildman–Crippen LogP) is 3.12. The molecule has 0 aliphatic carbocycles. The molecular weight excluding hydrogens is 401 g/mol. The van der Waals surface area contributed by atoms with Gasteiger partial charge in [-0.15, -0.1) is 13.2 Å². The maximum absolute atomic E-state index is 12.6. The van der Waals surface area contributed by atoms with E-state index in [2.05, 4.69) is 15.2 Å². The zero-order valence-corrected chi connectivity index (χ0v) is 16.2. The molecule has 1 N–H and O–H groups in total. The second kappa shape index (κ2) is 8.44. The summed E-state index contributed by atoms with van der Waals surface area (Å²) < 4.78 is 43.0. The Balaban J connectivity index is 1.67. The van der Waals surface area contributed by atoms with Crippen LogP contribution in [0.1, 0.15) is 24.4 Å². The molecule has 0 bridgehead atoms. The number of benzene rings is 2. The molecule has 3 aromatic rings. The van der Waals surface area contributed by atoms with E-state index in [1.54, 1.807) is 38.1 Å². The smallest absolute Gasteiger partial charge is 0.406 e. The highest BCUT2D eigenvalue weighted by molar-refractivity contribution is 5.76. The van der Waals surface area contributed by atoms with Crippen LogP contribution in [0.2, 0.25) is 0 Å². The summed E-state index contributed by atoms with van der Waals surface area (Å²) in [5.41, 5.74) is 0.771. The minimum atomic E-state index is -4.77. The third kappa shape index (κ3) is 5.07. The van der Waals surface area contributed by atoms with Crippen molar-refractivity contribution in [2.45, 2.75) is 32.8 Å². The van der Waals surface area contributed by atoms with Crippen molar-refractivity contribution in [2.75, 3.05) is 0 Å². The first-order valence-corrected chi connectivity index (χ1v) is 9.01. The van der Waals surface area contributed by atoms with Crippen molar-refractivity contribution < 1.29 is 22.7 Å². The highest BCUT2D eigenvalue weighted by atomic mass is 19.4. The van der Waals surface area contributed by atoms with Gasteiger partial charge in [-0.1, -0.05) is 30.3 Å². The Morgan fingerprint density at radius 1 is 1.13 bits per heavy atom. The molecule has 1 aromatic heterocycles. The van der Waals surface area contributed by atoms with Crippen LogP contribution in [0.25, 0.3) is 5.69 Å².